The topological polar surface area (TPSA) is 42.0 Å². The Morgan fingerprint density at radius 1 is 1.45 bits per heavy atom. The molecule has 20 heavy (non-hydrogen) atoms. The van der Waals surface area contributed by atoms with Gasteiger partial charge in [-0.25, -0.2) is 4.98 Å². The van der Waals surface area contributed by atoms with Crippen LogP contribution in [0.15, 0.2) is 16.6 Å². The number of fused-ring (bicyclic) bond motifs is 1. The van der Waals surface area contributed by atoms with Crippen molar-refractivity contribution >= 4 is 64.5 Å². The molecule has 1 aromatic carbocycles. The van der Waals surface area contributed by atoms with Crippen LogP contribution in [0.4, 0.5) is 5.13 Å². The molecule has 0 radical (unpaired) electrons. The van der Waals surface area contributed by atoms with Gasteiger partial charge >= 0.3 is 0 Å². The van der Waals surface area contributed by atoms with Crippen LogP contribution in [-0.2, 0) is 11.2 Å². The molecular formula is C14H16Br2N2OS. The Kier molecular flexibility index (Phi) is 5.20. The maximum Gasteiger partial charge on any atom is 0.240 e. The minimum atomic E-state index is -0.202. The van der Waals surface area contributed by atoms with E-state index in [1.807, 2.05) is 19.9 Å². The third kappa shape index (κ3) is 3.40. The average Bonchev–Trinajstić information content (AvgIpc) is 2.78. The molecule has 0 bridgehead atoms. The monoisotopic (exact) mass is 418 g/mol. The molecular weight excluding hydrogens is 404 g/mol. The lowest BCUT2D eigenvalue weighted by Gasteiger charge is -2.11. The van der Waals surface area contributed by atoms with Crippen LogP contribution >= 0.6 is 43.2 Å². The molecule has 0 unspecified atom stereocenters. The highest BCUT2D eigenvalue weighted by Crippen LogP contribution is 2.32. The van der Waals surface area contributed by atoms with Crippen molar-refractivity contribution in [3.63, 3.8) is 0 Å². The second kappa shape index (κ2) is 6.54. The number of nitrogens with zero attached hydrogens (tertiary/aromatic N) is 1. The zero-order valence-corrected chi connectivity index (χ0v) is 15.5. The van der Waals surface area contributed by atoms with Gasteiger partial charge in [0.25, 0.3) is 0 Å². The number of alkyl halides is 1. The van der Waals surface area contributed by atoms with Crippen molar-refractivity contribution in [2.45, 2.75) is 32.0 Å². The fraction of sp³-hybridized carbons (Fsp3) is 0.429. The van der Waals surface area contributed by atoms with Gasteiger partial charge in [0.2, 0.25) is 5.91 Å². The number of amides is 1. The van der Waals surface area contributed by atoms with Gasteiger partial charge < -0.3 is 5.32 Å². The van der Waals surface area contributed by atoms with Gasteiger partial charge in [0.1, 0.15) is 0 Å². The van der Waals surface area contributed by atoms with E-state index < -0.39 is 0 Å². The van der Waals surface area contributed by atoms with Crippen molar-refractivity contribution in [1.29, 1.82) is 0 Å². The molecule has 2 rings (SSSR count). The first-order valence-corrected chi connectivity index (χ1v) is 8.98. The summed E-state index contributed by atoms with van der Waals surface area (Å²) in [5.74, 6) is 0.195. The van der Waals surface area contributed by atoms with Crippen LogP contribution in [0.3, 0.4) is 0 Å². The molecule has 0 aliphatic rings. The molecule has 0 saturated heterocycles. The molecule has 0 aliphatic heterocycles. The SMILES string of the molecule is CCc1cc(Br)cc2sc(NC(=O)[C@@H](Br)C(C)C)nc12. The number of thiazole rings is 1. The van der Waals surface area contributed by atoms with E-state index in [1.165, 1.54) is 16.9 Å². The van der Waals surface area contributed by atoms with Crippen LogP contribution in [0.5, 0.6) is 0 Å². The van der Waals surface area contributed by atoms with E-state index >= 15 is 0 Å². The molecule has 0 fully saturated rings. The number of hydrogen-bond donors (Lipinski definition) is 1. The van der Waals surface area contributed by atoms with Crippen molar-refractivity contribution in [2.75, 3.05) is 5.32 Å². The fourth-order valence-electron chi connectivity index (χ4n) is 1.86. The maximum absolute atomic E-state index is 12.1. The van der Waals surface area contributed by atoms with E-state index in [1.54, 1.807) is 0 Å². The number of carbonyl (C=O) groups is 1. The summed E-state index contributed by atoms with van der Waals surface area (Å²) in [5.41, 5.74) is 2.16. The normalized spacial score (nSPS) is 12.9. The number of halogens is 2. The lowest BCUT2D eigenvalue weighted by atomic mass is 10.1. The number of benzene rings is 1. The van der Waals surface area contributed by atoms with Crippen LogP contribution in [0.1, 0.15) is 26.3 Å². The van der Waals surface area contributed by atoms with Gasteiger partial charge in [-0.1, -0.05) is 64.0 Å². The Labute approximate surface area is 139 Å². The number of carbonyl (C=O) groups excluding carboxylic acids is 1. The Bertz CT molecular complexity index is 639. The lowest BCUT2D eigenvalue weighted by Crippen LogP contribution is -2.26. The second-order valence-corrected chi connectivity index (χ2v) is 7.85. The van der Waals surface area contributed by atoms with E-state index in [0.717, 1.165) is 21.1 Å². The van der Waals surface area contributed by atoms with Gasteiger partial charge in [-0.2, -0.15) is 0 Å². The molecule has 0 spiro atoms. The largest absolute Gasteiger partial charge is 0.301 e. The first kappa shape index (κ1) is 15.9. The van der Waals surface area contributed by atoms with E-state index in [9.17, 15) is 4.79 Å². The summed E-state index contributed by atoms with van der Waals surface area (Å²) in [7, 11) is 0. The molecule has 1 heterocycles. The molecule has 6 heteroatoms. The maximum atomic E-state index is 12.1. The number of hydrogen-bond acceptors (Lipinski definition) is 3. The van der Waals surface area contributed by atoms with E-state index in [2.05, 4.69) is 55.2 Å². The Balaban J connectivity index is 2.31. The van der Waals surface area contributed by atoms with Gasteiger partial charge in [0.15, 0.2) is 5.13 Å². The van der Waals surface area contributed by atoms with E-state index in [4.69, 9.17) is 0 Å². The molecule has 0 saturated carbocycles. The van der Waals surface area contributed by atoms with Crippen molar-refractivity contribution in [2.24, 2.45) is 5.92 Å². The van der Waals surface area contributed by atoms with Gasteiger partial charge in [-0.15, -0.1) is 0 Å². The number of anilines is 1. The summed E-state index contributed by atoms with van der Waals surface area (Å²) in [6.07, 6.45) is 0.917. The van der Waals surface area contributed by atoms with Crippen LogP contribution in [0, 0.1) is 5.92 Å². The molecule has 3 nitrogen and oxygen atoms in total. The Hall–Kier alpha value is -0.460. The average molecular weight is 420 g/mol. The minimum absolute atomic E-state index is 0.0452. The molecule has 108 valence electrons. The van der Waals surface area contributed by atoms with Gasteiger partial charge in [0.05, 0.1) is 15.0 Å². The summed E-state index contributed by atoms with van der Waals surface area (Å²) in [5, 5.41) is 3.54. The van der Waals surface area contributed by atoms with E-state index in [0.29, 0.717) is 5.13 Å². The Morgan fingerprint density at radius 3 is 2.75 bits per heavy atom. The predicted molar refractivity (Wildman–Crippen MR) is 92.9 cm³/mol. The zero-order chi connectivity index (χ0) is 14.9. The van der Waals surface area contributed by atoms with Gasteiger partial charge in [0, 0.05) is 4.47 Å². The quantitative estimate of drug-likeness (QED) is 0.710. The van der Waals surface area contributed by atoms with Gasteiger partial charge in [-0.05, 0) is 30.0 Å². The number of aryl methyl sites for hydroxylation is 1. The third-order valence-corrected chi connectivity index (χ3v) is 5.83. The van der Waals surface area contributed by atoms with Crippen LogP contribution < -0.4 is 5.32 Å². The zero-order valence-electron chi connectivity index (χ0n) is 11.5. The number of nitrogens with one attached hydrogen (secondary N) is 1. The molecule has 1 aromatic heterocycles. The predicted octanol–water partition coefficient (Wildman–Crippen LogP) is 4.98. The standard InChI is InChI=1S/C14H16Br2N2OS/c1-4-8-5-9(15)6-10-12(8)17-14(20-10)18-13(19)11(16)7(2)3/h5-7,11H,4H2,1-3H3,(H,17,18,19)/t11-/m0/s1. The first-order chi connectivity index (χ1) is 9.42. The summed E-state index contributed by atoms with van der Waals surface area (Å²) >= 11 is 8.42. The van der Waals surface area contributed by atoms with Crippen molar-refractivity contribution in [3.05, 3.63) is 22.2 Å². The second-order valence-electron chi connectivity index (χ2n) is 4.92. The molecule has 1 N–H and O–H groups in total. The minimum Gasteiger partial charge on any atom is -0.301 e. The van der Waals surface area contributed by atoms with Crippen LogP contribution in [-0.4, -0.2) is 15.7 Å². The Morgan fingerprint density at radius 2 is 2.15 bits per heavy atom. The molecule has 2 aromatic rings. The lowest BCUT2D eigenvalue weighted by molar-refractivity contribution is -0.116. The smallest absolute Gasteiger partial charge is 0.240 e. The van der Waals surface area contributed by atoms with Crippen LogP contribution in [0.2, 0.25) is 0 Å². The summed E-state index contributed by atoms with van der Waals surface area (Å²) in [6, 6.07) is 4.12. The molecule has 1 atom stereocenters. The van der Waals surface area contributed by atoms with E-state index in [-0.39, 0.29) is 16.7 Å². The van der Waals surface area contributed by atoms with Gasteiger partial charge in [-0.3, -0.25) is 4.79 Å². The number of aromatic nitrogens is 1. The summed E-state index contributed by atoms with van der Waals surface area (Å²) in [6.45, 7) is 6.11. The van der Waals surface area contributed by atoms with Crippen molar-refractivity contribution in [3.8, 4) is 0 Å². The molecule has 1 amide bonds. The third-order valence-electron chi connectivity index (χ3n) is 2.99. The molecule has 0 aliphatic carbocycles. The summed E-state index contributed by atoms with van der Waals surface area (Å²) < 4.78 is 2.13. The highest BCUT2D eigenvalue weighted by molar-refractivity contribution is 9.10. The van der Waals surface area contributed by atoms with Crippen LogP contribution in [0.25, 0.3) is 10.2 Å². The first-order valence-electron chi connectivity index (χ1n) is 6.46. The highest BCUT2D eigenvalue weighted by atomic mass is 79.9. The number of rotatable bonds is 4. The van der Waals surface area contributed by atoms with Crippen molar-refractivity contribution in [1.82, 2.24) is 4.98 Å². The van der Waals surface area contributed by atoms with Crippen molar-refractivity contribution < 1.29 is 4.79 Å². The fourth-order valence-corrected chi connectivity index (χ4v) is 3.59. The highest BCUT2D eigenvalue weighted by Gasteiger charge is 2.20. The summed E-state index contributed by atoms with van der Waals surface area (Å²) in [4.78, 5) is 16.4.